The van der Waals surface area contributed by atoms with Crippen LogP contribution in [0.25, 0.3) is 0 Å². The topological polar surface area (TPSA) is 134 Å². The molecule has 3 rings (SSSR count). The molecule has 40 heavy (non-hydrogen) atoms. The highest BCUT2D eigenvalue weighted by Crippen LogP contribution is 2.12. The van der Waals surface area contributed by atoms with Crippen molar-refractivity contribution in [1.29, 1.82) is 0 Å². The van der Waals surface area contributed by atoms with Crippen molar-refractivity contribution in [1.82, 2.24) is 9.80 Å². The van der Waals surface area contributed by atoms with Crippen molar-refractivity contribution in [3.8, 4) is 0 Å². The molecule has 2 N–H and O–H groups in total. The number of rotatable bonds is 16. The Kier molecular flexibility index (Phi) is 11.8. The molecule has 0 aliphatic carbocycles. The van der Waals surface area contributed by atoms with Crippen LogP contribution in [0, 0.1) is 0 Å². The van der Waals surface area contributed by atoms with Crippen molar-refractivity contribution in [3.05, 3.63) is 107 Å². The summed E-state index contributed by atoms with van der Waals surface area (Å²) in [7, 11) is 0. The van der Waals surface area contributed by atoms with Gasteiger partial charge in [0, 0.05) is 13.1 Å². The normalized spacial score (nSPS) is 10.8. The first kappa shape index (κ1) is 30.0. The van der Waals surface area contributed by atoms with Crippen LogP contribution in [0.1, 0.15) is 22.3 Å². The minimum Gasteiger partial charge on any atom is -0.480 e. The first-order valence-electron chi connectivity index (χ1n) is 12.6. The second-order valence-electron chi connectivity index (χ2n) is 9.19. The Labute approximate surface area is 232 Å². The summed E-state index contributed by atoms with van der Waals surface area (Å²) in [4.78, 5) is 50.5. The summed E-state index contributed by atoms with van der Waals surface area (Å²) in [5.41, 5.74) is 3.08. The van der Waals surface area contributed by atoms with Gasteiger partial charge >= 0.3 is 23.9 Å². The number of carboxylic acids is 2. The van der Waals surface area contributed by atoms with E-state index in [9.17, 15) is 29.4 Å². The number of carbonyl (C=O) groups is 4. The number of nitrogens with zero attached hydrogens (tertiary/aromatic N) is 2. The molecule has 0 radical (unpaired) electrons. The van der Waals surface area contributed by atoms with E-state index in [1.807, 2.05) is 60.7 Å². The molecule has 0 heterocycles. The van der Waals surface area contributed by atoms with E-state index in [0.717, 1.165) is 22.3 Å². The van der Waals surface area contributed by atoms with E-state index in [1.165, 1.54) is 9.80 Å². The van der Waals surface area contributed by atoms with Crippen LogP contribution < -0.4 is 0 Å². The maximum Gasteiger partial charge on any atom is 0.320 e. The number of carbonyl (C=O) groups excluding carboxylic acids is 2. The Balaban J connectivity index is 1.59. The fourth-order valence-electron chi connectivity index (χ4n) is 3.99. The molecule has 0 aromatic heterocycles. The fraction of sp³-hybridized carbons (Fsp3) is 0.267. The summed E-state index contributed by atoms with van der Waals surface area (Å²) < 4.78 is 10.6. The Morgan fingerprint density at radius 2 is 0.900 bits per heavy atom. The van der Waals surface area contributed by atoms with Crippen molar-refractivity contribution in [2.24, 2.45) is 0 Å². The van der Waals surface area contributed by atoms with Gasteiger partial charge in [-0.05, 0) is 22.3 Å². The van der Waals surface area contributed by atoms with E-state index in [2.05, 4.69) is 0 Å². The Morgan fingerprint density at radius 3 is 1.27 bits per heavy atom. The zero-order valence-electron chi connectivity index (χ0n) is 22.0. The third kappa shape index (κ3) is 11.5. The quantitative estimate of drug-likeness (QED) is 0.257. The largest absolute Gasteiger partial charge is 0.480 e. The highest BCUT2D eigenvalue weighted by atomic mass is 16.5. The molecule has 0 aliphatic rings. The van der Waals surface area contributed by atoms with Crippen LogP contribution in [-0.2, 0) is 55.0 Å². The molecule has 3 aromatic carbocycles. The highest BCUT2D eigenvalue weighted by molar-refractivity contribution is 5.74. The van der Waals surface area contributed by atoms with Gasteiger partial charge in [0.05, 0.1) is 26.2 Å². The maximum absolute atomic E-state index is 12.4. The van der Waals surface area contributed by atoms with Crippen LogP contribution in [0.15, 0.2) is 84.9 Å². The van der Waals surface area contributed by atoms with Crippen LogP contribution in [0.3, 0.4) is 0 Å². The fourth-order valence-corrected chi connectivity index (χ4v) is 3.99. The molecule has 0 amide bonds. The van der Waals surface area contributed by atoms with Crippen LogP contribution in [0.4, 0.5) is 0 Å². The average Bonchev–Trinajstić information content (AvgIpc) is 2.91. The van der Waals surface area contributed by atoms with Crippen molar-refractivity contribution in [3.63, 3.8) is 0 Å². The molecular weight excluding hydrogens is 516 g/mol. The third-order valence-corrected chi connectivity index (χ3v) is 5.71. The molecule has 3 aromatic rings. The van der Waals surface area contributed by atoms with Crippen LogP contribution in [0.5, 0.6) is 0 Å². The molecule has 0 aliphatic heterocycles. The lowest BCUT2D eigenvalue weighted by Gasteiger charge is -2.21. The Bertz CT molecular complexity index is 1170. The number of hydrogen-bond acceptors (Lipinski definition) is 8. The second-order valence-corrected chi connectivity index (χ2v) is 9.19. The maximum atomic E-state index is 12.4. The molecule has 0 saturated heterocycles. The van der Waals surface area contributed by atoms with Gasteiger partial charge in [-0.2, -0.15) is 0 Å². The third-order valence-electron chi connectivity index (χ3n) is 5.71. The molecule has 0 unspecified atom stereocenters. The second kappa shape index (κ2) is 15.8. The Morgan fingerprint density at radius 1 is 0.525 bits per heavy atom. The predicted molar refractivity (Wildman–Crippen MR) is 145 cm³/mol. The van der Waals surface area contributed by atoms with E-state index in [-0.39, 0.29) is 52.5 Å². The van der Waals surface area contributed by atoms with Crippen molar-refractivity contribution in [2.75, 3.05) is 26.2 Å². The van der Waals surface area contributed by atoms with Gasteiger partial charge in [0.1, 0.15) is 13.2 Å². The zero-order valence-corrected chi connectivity index (χ0v) is 22.0. The summed E-state index contributed by atoms with van der Waals surface area (Å²) in [6.45, 7) is -0.709. The molecule has 210 valence electrons. The average molecular weight is 549 g/mol. The van der Waals surface area contributed by atoms with Gasteiger partial charge in [0.2, 0.25) is 0 Å². The summed E-state index contributed by atoms with van der Waals surface area (Å²) in [5, 5.41) is 18.7. The van der Waals surface area contributed by atoms with Gasteiger partial charge in [-0.3, -0.25) is 29.0 Å². The van der Waals surface area contributed by atoms with E-state index < -0.39 is 23.9 Å². The van der Waals surface area contributed by atoms with Gasteiger partial charge < -0.3 is 19.7 Å². The number of hydrogen-bond donors (Lipinski definition) is 2. The van der Waals surface area contributed by atoms with Crippen LogP contribution in [0.2, 0.25) is 0 Å². The van der Waals surface area contributed by atoms with E-state index in [4.69, 9.17) is 9.47 Å². The zero-order chi connectivity index (χ0) is 28.7. The monoisotopic (exact) mass is 548 g/mol. The van der Waals surface area contributed by atoms with Gasteiger partial charge in [-0.1, -0.05) is 84.9 Å². The molecule has 0 fully saturated rings. The van der Waals surface area contributed by atoms with Crippen molar-refractivity contribution < 1.29 is 38.9 Å². The van der Waals surface area contributed by atoms with Gasteiger partial charge in [0.25, 0.3) is 0 Å². The standard InChI is InChI=1S/C30H32N2O8/c33-27(34)17-31(19-29(37)39-21-23-8-3-1-4-9-23)15-25-12-7-13-26(14-25)16-32(18-28(35)36)20-30(38)40-22-24-10-5-2-6-11-24/h1-14H,15-22H2,(H,33,34)(H,35,36). The number of aliphatic carboxylic acids is 2. The minimum absolute atomic E-state index is 0.0866. The summed E-state index contributed by atoms with van der Waals surface area (Å²) in [6.07, 6.45) is 0. The first-order chi connectivity index (χ1) is 19.3. The first-order valence-corrected chi connectivity index (χ1v) is 12.6. The molecule has 0 spiro atoms. The van der Waals surface area contributed by atoms with E-state index in [1.54, 1.807) is 24.3 Å². The lowest BCUT2D eigenvalue weighted by Crippen LogP contribution is -2.35. The number of ether oxygens (including phenoxy) is 2. The van der Waals surface area contributed by atoms with E-state index in [0.29, 0.717) is 0 Å². The van der Waals surface area contributed by atoms with Gasteiger partial charge in [-0.25, -0.2) is 0 Å². The molecule has 0 atom stereocenters. The lowest BCUT2D eigenvalue weighted by atomic mass is 10.1. The number of benzene rings is 3. The van der Waals surface area contributed by atoms with E-state index >= 15 is 0 Å². The van der Waals surface area contributed by atoms with Gasteiger partial charge in [-0.15, -0.1) is 0 Å². The predicted octanol–water partition coefficient (Wildman–Crippen LogP) is 2.95. The highest BCUT2D eigenvalue weighted by Gasteiger charge is 2.18. The SMILES string of the molecule is O=C(O)CN(CC(=O)OCc1ccccc1)Cc1cccc(CN(CC(=O)O)CC(=O)OCc2ccccc2)c1. The number of carboxylic acid groups (broad SMARTS) is 2. The number of esters is 2. The molecular formula is C30H32N2O8. The van der Waals surface area contributed by atoms with Crippen molar-refractivity contribution >= 4 is 23.9 Å². The summed E-state index contributed by atoms with van der Waals surface area (Å²) in [5.74, 6) is -3.28. The molecule has 0 bridgehead atoms. The molecule has 10 heteroatoms. The summed E-state index contributed by atoms with van der Waals surface area (Å²) >= 11 is 0. The lowest BCUT2D eigenvalue weighted by molar-refractivity contribution is -0.149. The van der Waals surface area contributed by atoms with Crippen LogP contribution >= 0.6 is 0 Å². The summed E-state index contributed by atoms with van der Waals surface area (Å²) in [6, 6.07) is 25.4. The minimum atomic E-state index is -1.09. The Hall–Kier alpha value is -4.54. The van der Waals surface area contributed by atoms with Crippen LogP contribution in [-0.4, -0.2) is 70.1 Å². The van der Waals surface area contributed by atoms with Gasteiger partial charge in [0.15, 0.2) is 0 Å². The van der Waals surface area contributed by atoms with Crippen molar-refractivity contribution in [2.45, 2.75) is 26.3 Å². The molecule has 0 saturated carbocycles. The smallest absolute Gasteiger partial charge is 0.320 e. The molecule has 10 nitrogen and oxygen atoms in total.